The first kappa shape index (κ1) is 15.0. The van der Waals surface area contributed by atoms with E-state index in [-0.39, 0.29) is 6.10 Å². The van der Waals surface area contributed by atoms with Crippen LogP contribution in [0.3, 0.4) is 0 Å². The van der Waals surface area contributed by atoms with Crippen LogP contribution in [0.4, 0.5) is 0 Å². The van der Waals surface area contributed by atoms with E-state index in [1.54, 1.807) is 14.2 Å². The lowest BCUT2D eigenvalue weighted by atomic mass is 10.2. The Bertz CT molecular complexity index is 331. The standard InChI is InChI=1S/C14H23NO3/c1-12(11-17-3)18-14-6-4-5-13(9-14)10-15-7-8-16-2/h4-6,9,12,15H,7-8,10-11H2,1-3H3. The van der Waals surface area contributed by atoms with Crippen LogP contribution in [0.1, 0.15) is 12.5 Å². The van der Waals surface area contributed by atoms with Gasteiger partial charge in [-0.2, -0.15) is 0 Å². The third kappa shape index (κ3) is 6.00. The molecule has 0 spiro atoms. The molecule has 1 atom stereocenters. The van der Waals surface area contributed by atoms with Crippen LogP contribution in [0, 0.1) is 0 Å². The van der Waals surface area contributed by atoms with E-state index in [0.717, 1.165) is 25.4 Å². The lowest BCUT2D eigenvalue weighted by molar-refractivity contribution is 0.0920. The van der Waals surface area contributed by atoms with Gasteiger partial charge >= 0.3 is 0 Å². The van der Waals surface area contributed by atoms with Gasteiger partial charge in [0.1, 0.15) is 11.9 Å². The molecule has 0 aromatic heterocycles. The second kappa shape index (κ2) is 8.91. The average molecular weight is 253 g/mol. The molecule has 0 radical (unpaired) electrons. The number of methoxy groups -OCH3 is 2. The van der Waals surface area contributed by atoms with Crippen molar-refractivity contribution in [3.63, 3.8) is 0 Å². The van der Waals surface area contributed by atoms with E-state index >= 15 is 0 Å². The SMILES string of the molecule is COCCNCc1cccc(OC(C)COC)c1. The summed E-state index contributed by atoms with van der Waals surface area (Å²) in [5.41, 5.74) is 1.20. The molecule has 0 amide bonds. The summed E-state index contributed by atoms with van der Waals surface area (Å²) in [4.78, 5) is 0. The van der Waals surface area contributed by atoms with Crippen LogP contribution in [0.15, 0.2) is 24.3 Å². The summed E-state index contributed by atoms with van der Waals surface area (Å²) in [6.07, 6.45) is 0.0618. The Morgan fingerprint density at radius 2 is 2.06 bits per heavy atom. The topological polar surface area (TPSA) is 39.7 Å². The minimum atomic E-state index is 0.0618. The number of nitrogens with one attached hydrogen (secondary N) is 1. The average Bonchev–Trinajstić information content (AvgIpc) is 2.35. The largest absolute Gasteiger partial charge is 0.488 e. The van der Waals surface area contributed by atoms with Gasteiger partial charge in [0.2, 0.25) is 0 Å². The summed E-state index contributed by atoms with van der Waals surface area (Å²) in [5, 5.41) is 3.30. The summed E-state index contributed by atoms with van der Waals surface area (Å²) in [7, 11) is 3.38. The molecule has 1 unspecified atom stereocenters. The fourth-order valence-electron chi connectivity index (χ4n) is 1.64. The van der Waals surface area contributed by atoms with Gasteiger partial charge in [-0.3, -0.25) is 0 Å². The van der Waals surface area contributed by atoms with Gasteiger partial charge in [0.15, 0.2) is 0 Å². The lowest BCUT2D eigenvalue weighted by Crippen LogP contribution is -2.19. The van der Waals surface area contributed by atoms with Crippen LogP contribution in [-0.4, -0.2) is 40.1 Å². The molecule has 1 aromatic rings. The Labute approximate surface area is 109 Å². The van der Waals surface area contributed by atoms with Crippen molar-refractivity contribution >= 4 is 0 Å². The molecule has 18 heavy (non-hydrogen) atoms. The Morgan fingerprint density at radius 1 is 1.22 bits per heavy atom. The zero-order valence-corrected chi connectivity index (χ0v) is 11.4. The number of rotatable bonds is 9. The van der Waals surface area contributed by atoms with Crippen LogP contribution in [0.25, 0.3) is 0 Å². The van der Waals surface area contributed by atoms with E-state index in [2.05, 4.69) is 11.4 Å². The molecule has 0 aliphatic carbocycles. The van der Waals surface area contributed by atoms with E-state index < -0.39 is 0 Å². The molecule has 0 heterocycles. The van der Waals surface area contributed by atoms with Gasteiger partial charge in [-0.05, 0) is 24.6 Å². The minimum absolute atomic E-state index is 0.0618. The van der Waals surface area contributed by atoms with Crippen LogP contribution in [0.2, 0.25) is 0 Å². The molecule has 4 nitrogen and oxygen atoms in total. The van der Waals surface area contributed by atoms with Gasteiger partial charge in [-0.25, -0.2) is 0 Å². The maximum atomic E-state index is 5.75. The summed E-state index contributed by atoms with van der Waals surface area (Å²) >= 11 is 0. The van der Waals surface area contributed by atoms with Gasteiger partial charge < -0.3 is 19.5 Å². The minimum Gasteiger partial charge on any atom is -0.488 e. The van der Waals surface area contributed by atoms with Gasteiger partial charge in [-0.1, -0.05) is 12.1 Å². The smallest absolute Gasteiger partial charge is 0.120 e. The molecule has 1 rings (SSSR count). The molecule has 0 aliphatic heterocycles. The van der Waals surface area contributed by atoms with Crippen molar-refractivity contribution in [3.8, 4) is 5.75 Å². The quantitative estimate of drug-likeness (QED) is 0.682. The maximum Gasteiger partial charge on any atom is 0.120 e. The zero-order chi connectivity index (χ0) is 13.2. The van der Waals surface area contributed by atoms with Crippen LogP contribution < -0.4 is 10.1 Å². The zero-order valence-electron chi connectivity index (χ0n) is 11.4. The predicted octanol–water partition coefficient (Wildman–Crippen LogP) is 1.84. The first-order valence-corrected chi connectivity index (χ1v) is 6.20. The lowest BCUT2D eigenvalue weighted by Gasteiger charge is -2.14. The molecule has 0 saturated heterocycles. The summed E-state index contributed by atoms with van der Waals surface area (Å²) < 4.78 is 15.8. The first-order valence-electron chi connectivity index (χ1n) is 6.20. The number of ether oxygens (including phenoxy) is 3. The molecule has 0 aliphatic rings. The van der Waals surface area contributed by atoms with Gasteiger partial charge in [0.25, 0.3) is 0 Å². The molecule has 0 fully saturated rings. The number of hydrogen-bond acceptors (Lipinski definition) is 4. The fourth-order valence-corrected chi connectivity index (χ4v) is 1.64. The summed E-state index contributed by atoms with van der Waals surface area (Å²) in [6, 6.07) is 8.09. The first-order chi connectivity index (χ1) is 8.76. The van der Waals surface area contributed by atoms with Crippen molar-refractivity contribution in [2.45, 2.75) is 19.6 Å². The highest BCUT2D eigenvalue weighted by Crippen LogP contribution is 2.14. The van der Waals surface area contributed by atoms with Crippen molar-refractivity contribution in [3.05, 3.63) is 29.8 Å². The van der Waals surface area contributed by atoms with E-state index in [1.807, 2.05) is 25.1 Å². The normalized spacial score (nSPS) is 12.4. The molecule has 4 heteroatoms. The van der Waals surface area contributed by atoms with Crippen molar-refractivity contribution in [1.29, 1.82) is 0 Å². The van der Waals surface area contributed by atoms with E-state index in [0.29, 0.717) is 6.61 Å². The molecule has 1 N–H and O–H groups in total. The van der Waals surface area contributed by atoms with Gasteiger partial charge in [0, 0.05) is 27.3 Å². The van der Waals surface area contributed by atoms with Crippen molar-refractivity contribution < 1.29 is 14.2 Å². The highest BCUT2D eigenvalue weighted by molar-refractivity contribution is 5.28. The fraction of sp³-hybridized carbons (Fsp3) is 0.571. The second-order valence-electron chi connectivity index (χ2n) is 4.20. The van der Waals surface area contributed by atoms with Gasteiger partial charge in [-0.15, -0.1) is 0 Å². The summed E-state index contributed by atoms with van der Waals surface area (Å²) in [6.45, 7) is 4.98. The van der Waals surface area contributed by atoms with E-state index in [9.17, 15) is 0 Å². The number of benzene rings is 1. The molecular weight excluding hydrogens is 230 g/mol. The molecule has 0 saturated carbocycles. The van der Waals surface area contributed by atoms with Crippen LogP contribution >= 0.6 is 0 Å². The highest BCUT2D eigenvalue weighted by Gasteiger charge is 2.03. The van der Waals surface area contributed by atoms with Crippen LogP contribution in [0.5, 0.6) is 5.75 Å². The third-order valence-electron chi connectivity index (χ3n) is 2.45. The number of hydrogen-bond donors (Lipinski definition) is 1. The van der Waals surface area contributed by atoms with Crippen molar-refractivity contribution in [1.82, 2.24) is 5.32 Å². The van der Waals surface area contributed by atoms with Gasteiger partial charge in [0.05, 0.1) is 13.2 Å². The van der Waals surface area contributed by atoms with Crippen molar-refractivity contribution in [2.75, 3.05) is 34.0 Å². The molecular formula is C14H23NO3. The Kier molecular flexibility index (Phi) is 7.41. The Hall–Kier alpha value is -1.10. The third-order valence-corrected chi connectivity index (χ3v) is 2.45. The molecule has 102 valence electrons. The highest BCUT2D eigenvalue weighted by atomic mass is 16.5. The van der Waals surface area contributed by atoms with Crippen molar-refractivity contribution in [2.24, 2.45) is 0 Å². The molecule has 1 aromatic carbocycles. The monoisotopic (exact) mass is 253 g/mol. The maximum absolute atomic E-state index is 5.75. The van der Waals surface area contributed by atoms with E-state index in [4.69, 9.17) is 14.2 Å². The predicted molar refractivity (Wildman–Crippen MR) is 72.0 cm³/mol. The Morgan fingerprint density at radius 3 is 2.78 bits per heavy atom. The Balaban J connectivity index is 2.41. The van der Waals surface area contributed by atoms with E-state index in [1.165, 1.54) is 5.56 Å². The molecule has 0 bridgehead atoms. The summed E-state index contributed by atoms with van der Waals surface area (Å²) in [5.74, 6) is 0.880. The second-order valence-corrected chi connectivity index (χ2v) is 4.20. The van der Waals surface area contributed by atoms with Crippen LogP contribution in [-0.2, 0) is 16.0 Å².